The number of hydrogen-bond acceptors (Lipinski definition) is 4. The summed E-state index contributed by atoms with van der Waals surface area (Å²) in [6.45, 7) is 1.83. The molecule has 0 amide bonds. The molecule has 2 unspecified atom stereocenters. The predicted molar refractivity (Wildman–Crippen MR) is 68.2 cm³/mol. The van der Waals surface area contributed by atoms with E-state index in [4.69, 9.17) is 0 Å². The van der Waals surface area contributed by atoms with Crippen molar-refractivity contribution in [2.24, 2.45) is 0 Å². The number of nitrogens with zero attached hydrogens (tertiary/aromatic N) is 2. The highest BCUT2D eigenvalue weighted by Gasteiger charge is 2.38. The van der Waals surface area contributed by atoms with Crippen LogP contribution < -0.4 is 0 Å². The van der Waals surface area contributed by atoms with Crippen molar-refractivity contribution in [1.82, 2.24) is 9.55 Å². The molecule has 1 aromatic heterocycles. The van der Waals surface area contributed by atoms with Gasteiger partial charge in [-0.15, -0.1) is 0 Å². The number of para-hydroxylation sites is 2. The second-order valence-corrected chi connectivity index (χ2v) is 6.88. The zero-order valence-corrected chi connectivity index (χ0v) is 10.8. The van der Waals surface area contributed by atoms with Gasteiger partial charge in [-0.05, 0) is 19.1 Å². The minimum Gasteiger partial charge on any atom is -0.390 e. The first-order chi connectivity index (χ1) is 8.48. The van der Waals surface area contributed by atoms with Gasteiger partial charge in [-0.25, -0.2) is 13.4 Å². The number of fused-ring (bicyclic) bond motifs is 1. The molecule has 0 saturated carbocycles. The van der Waals surface area contributed by atoms with Crippen molar-refractivity contribution < 1.29 is 13.5 Å². The highest BCUT2D eigenvalue weighted by molar-refractivity contribution is 7.91. The van der Waals surface area contributed by atoms with Crippen LogP contribution >= 0.6 is 0 Å². The van der Waals surface area contributed by atoms with Crippen LogP contribution in [-0.4, -0.2) is 40.7 Å². The van der Waals surface area contributed by atoms with Crippen molar-refractivity contribution in [1.29, 1.82) is 0 Å². The van der Waals surface area contributed by atoms with E-state index < -0.39 is 22.0 Å². The van der Waals surface area contributed by atoms with Gasteiger partial charge in [-0.2, -0.15) is 0 Å². The van der Waals surface area contributed by atoms with Crippen LogP contribution in [0.25, 0.3) is 11.0 Å². The molecule has 2 heterocycles. The Morgan fingerprint density at radius 3 is 2.72 bits per heavy atom. The Balaban J connectivity index is 2.18. The summed E-state index contributed by atoms with van der Waals surface area (Å²) in [5, 5.41) is 9.95. The van der Waals surface area contributed by atoms with Gasteiger partial charge in [0, 0.05) is 0 Å². The van der Waals surface area contributed by atoms with E-state index in [0.717, 1.165) is 16.9 Å². The Labute approximate surface area is 105 Å². The third-order valence-electron chi connectivity index (χ3n) is 3.40. The largest absolute Gasteiger partial charge is 0.390 e. The third-order valence-corrected chi connectivity index (χ3v) is 5.10. The fraction of sp³-hybridized carbons (Fsp3) is 0.417. The summed E-state index contributed by atoms with van der Waals surface area (Å²) in [5.41, 5.74) is 1.70. The summed E-state index contributed by atoms with van der Waals surface area (Å²) in [6.07, 6.45) is -0.855. The SMILES string of the molecule is Cc1nc2ccccc2n1C1CS(=O)(=O)CC1O. The van der Waals surface area contributed by atoms with Crippen LogP contribution in [0.15, 0.2) is 24.3 Å². The van der Waals surface area contributed by atoms with Crippen molar-refractivity contribution in [2.45, 2.75) is 19.1 Å². The minimum atomic E-state index is -3.15. The van der Waals surface area contributed by atoms with Gasteiger partial charge >= 0.3 is 0 Å². The Morgan fingerprint density at radius 1 is 1.33 bits per heavy atom. The standard InChI is InChI=1S/C12H14N2O3S/c1-8-13-9-4-2-3-5-10(9)14(8)11-6-18(16,17)7-12(11)15/h2-5,11-12,15H,6-7H2,1H3. The number of aromatic nitrogens is 2. The van der Waals surface area contributed by atoms with Gasteiger partial charge in [0.2, 0.25) is 0 Å². The molecule has 6 heteroatoms. The number of aryl methyl sites for hydroxylation is 1. The highest BCUT2D eigenvalue weighted by atomic mass is 32.2. The van der Waals surface area contributed by atoms with E-state index in [1.54, 1.807) is 0 Å². The van der Waals surface area contributed by atoms with Gasteiger partial charge in [-0.1, -0.05) is 12.1 Å². The molecule has 96 valence electrons. The average molecular weight is 266 g/mol. The third kappa shape index (κ3) is 1.72. The molecular formula is C12H14N2O3S. The fourth-order valence-corrected chi connectivity index (χ4v) is 4.41. The molecule has 1 N–H and O–H groups in total. The molecule has 1 aliphatic heterocycles. The van der Waals surface area contributed by atoms with Crippen LogP contribution in [0.4, 0.5) is 0 Å². The summed E-state index contributed by atoms with van der Waals surface area (Å²) < 4.78 is 25.0. The van der Waals surface area contributed by atoms with Gasteiger partial charge in [0.05, 0.1) is 34.7 Å². The zero-order valence-electron chi connectivity index (χ0n) is 9.94. The van der Waals surface area contributed by atoms with E-state index in [9.17, 15) is 13.5 Å². The summed E-state index contributed by atoms with van der Waals surface area (Å²) >= 11 is 0. The Morgan fingerprint density at radius 2 is 2.06 bits per heavy atom. The van der Waals surface area contributed by atoms with Gasteiger partial charge in [0.1, 0.15) is 5.82 Å². The molecule has 1 saturated heterocycles. The lowest BCUT2D eigenvalue weighted by Crippen LogP contribution is -2.22. The average Bonchev–Trinajstić information content (AvgIpc) is 2.74. The molecule has 1 aliphatic rings. The number of hydrogen-bond donors (Lipinski definition) is 1. The normalized spacial score (nSPS) is 26.8. The predicted octanol–water partition coefficient (Wildman–Crippen LogP) is 0.675. The van der Waals surface area contributed by atoms with E-state index in [0.29, 0.717) is 0 Å². The van der Waals surface area contributed by atoms with Crippen molar-refractivity contribution in [3.05, 3.63) is 30.1 Å². The lowest BCUT2D eigenvalue weighted by Gasteiger charge is -2.17. The zero-order chi connectivity index (χ0) is 12.9. The van der Waals surface area contributed by atoms with Crippen molar-refractivity contribution in [2.75, 3.05) is 11.5 Å². The van der Waals surface area contributed by atoms with Crippen LogP contribution in [0.5, 0.6) is 0 Å². The van der Waals surface area contributed by atoms with Crippen molar-refractivity contribution in [3.8, 4) is 0 Å². The van der Waals surface area contributed by atoms with Crippen LogP contribution in [0, 0.1) is 6.92 Å². The van der Waals surface area contributed by atoms with Crippen LogP contribution in [0.1, 0.15) is 11.9 Å². The molecule has 0 bridgehead atoms. The van der Waals surface area contributed by atoms with E-state index in [1.165, 1.54) is 0 Å². The van der Waals surface area contributed by atoms with Crippen LogP contribution in [0.3, 0.4) is 0 Å². The minimum absolute atomic E-state index is 0.0185. The first-order valence-electron chi connectivity index (χ1n) is 5.80. The van der Waals surface area contributed by atoms with Crippen LogP contribution in [0.2, 0.25) is 0 Å². The topological polar surface area (TPSA) is 72.2 Å². The number of aliphatic hydroxyl groups is 1. The van der Waals surface area contributed by atoms with Crippen LogP contribution in [-0.2, 0) is 9.84 Å². The molecule has 5 nitrogen and oxygen atoms in total. The maximum atomic E-state index is 11.6. The van der Waals surface area contributed by atoms with E-state index in [2.05, 4.69) is 4.98 Å². The number of rotatable bonds is 1. The van der Waals surface area contributed by atoms with Crippen molar-refractivity contribution in [3.63, 3.8) is 0 Å². The molecule has 1 aromatic carbocycles. The van der Waals surface area contributed by atoms with Gasteiger partial charge in [0.25, 0.3) is 0 Å². The first-order valence-corrected chi connectivity index (χ1v) is 7.62. The molecule has 0 aliphatic carbocycles. The molecule has 0 spiro atoms. The molecule has 3 rings (SSSR count). The smallest absolute Gasteiger partial charge is 0.155 e. The molecule has 0 radical (unpaired) electrons. The van der Waals surface area contributed by atoms with Gasteiger partial charge < -0.3 is 9.67 Å². The van der Waals surface area contributed by atoms with E-state index in [1.807, 2.05) is 35.8 Å². The summed E-state index contributed by atoms with van der Waals surface area (Å²) in [4.78, 5) is 4.40. The Kier molecular flexibility index (Phi) is 2.46. The van der Waals surface area contributed by atoms with E-state index in [-0.39, 0.29) is 11.5 Å². The highest BCUT2D eigenvalue weighted by Crippen LogP contribution is 2.29. The summed E-state index contributed by atoms with van der Waals surface area (Å²) in [5.74, 6) is 0.552. The summed E-state index contributed by atoms with van der Waals surface area (Å²) in [7, 11) is -3.15. The second kappa shape index (κ2) is 3.80. The molecule has 18 heavy (non-hydrogen) atoms. The summed E-state index contributed by atoms with van der Waals surface area (Å²) in [6, 6.07) is 7.13. The lowest BCUT2D eigenvalue weighted by atomic mass is 10.2. The van der Waals surface area contributed by atoms with E-state index >= 15 is 0 Å². The number of aliphatic hydroxyl groups excluding tert-OH is 1. The number of benzene rings is 1. The van der Waals surface area contributed by atoms with Gasteiger partial charge in [0.15, 0.2) is 9.84 Å². The maximum absolute atomic E-state index is 11.6. The maximum Gasteiger partial charge on any atom is 0.155 e. The van der Waals surface area contributed by atoms with Crippen molar-refractivity contribution >= 4 is 20.9 Å². The monoisotopic (exact) mass is 266 g/mol. The Bertz CT molecular complexity index is 705. The second-order valence-electron chi connectivity index (χ2n) is 4.73. The Hall–Kier alpha value is -1.40. The van der Waals surface area contributed by atoms with Gasteiger partial charge in [-0.3, -0.25) is 0 Å². The lowest BCUT2D eigenvalue weighted by molar-refractivity contribution is 0.154. The fourth-order valence-electron chi connectivity index (χ4n) is 2.64. The first kappa shape index (κ1) is 11.7. The quantitative estimate of drug-likeness (QED) is 0.823. The molecule has 1 fully saturated rings. The number of sulfone groups is 1. The molecular weight excluding hydrogens is 252 g/mol. The molecule has 2 aromatic rings. The number of imidazole rings is 1. The molecule has 2 atom stereocenters.